The summed E-state index contributed by atoms with van der Waals surface area (Å²) in [6.07, 6.45) is 2.39. The van der Waals surface area contributed by atoms with E-state index in [1.165, 1.54) is 12.8 Å². The van der Waals surface area contributed by atoms with E-state index in [1.807, 2.05) is 0 Å². The number of nitrogens with one attached hydrogen (secondary N) is 1. The van der Waals surface area contributed by atoms with Crippen molar-refractivity contribution in [3.63, 3.8) is 0 Å². The number of hydrogen-bond acceptors (Lipinski definition) is 5. The van der Waals surface area contributed by atoms with Gasteiger partial charge in [0.25, 0.3) is 5.91 Å². The fraction of sp³-hybridized carbons (Fsp3) is 0.667. The molecule has 0 aromatic carbocycles. The maximum atomic E-state index is 11.6. The van der Waals surface area contributed by atoms with Gasteiger partial charge in [0, 0.05) is 12.6 Å². The van der Waals surface area contributed by atoms with E-state index >= 15 is 0 Å². The summed E-state index contributed by atoms with van der Waals surface area (Å²) < 4.78 is 3.72. The predicted molar refractivity (Wildman–Crippen MR) is 57.7 cm³/mol. The first-order chi connectivity index (χ1) is 7.18. The highest BCUT2D eigenvalue weighted by Gasteiger charge is 2.28. The number of nitrogens with zero attached hydrogens (tertiary/aromatic N) is 2. The van der Waals surface area contributed by atoms with Crippen LogP contribution in [-0.2, 0) is 0 Å². The summed E-state index contributed by atoms with van der Waals surface area (Å²) in [6, 6.07) is 0.0927. The van der Waals surface area contributed by atoms with E-state index in [9.17, 15) is 4.79 Å². The molecule has 1 aliphatic carbocycles. The molecule has 15 heavy (non-hydrogen) atoms. The molecule has 1 aromatic heterocycles. The van der Waals surface area contributed by atoms with Crippen molar-refractivity contribution in [3.8, 4) is 0 Å². The SMILES string of the molecule is Cc1nnsc1C(=O)NCC(N)C1CC1. The molecule has 1 heterocycles. The summed E-state index contributed by atoms with van der Waals surface area (Å²) in [6.45, 7) is 2.32. The van der Waals surface area contributed by atoms with E-state index in [4.69, 9.17) is 5.73 Å². The van der Waals surface area contributed by atoms with E-state index in [0.717, 1.165) is 11.5 Å². The van der Waals surface area contributed by atoms with Crippen molar-refractivity contribution in [2.45, 2.75) is 25.8 Å². The molecule has 1 fully saturated rings. The summed E-state index contributed by atoms with van der Waals surface area (Å²) in [5.41, 5.74) is 6.55. The summed E-state index contributed by atoms with van der Waals surface area (Å²) in [7, 11) is 0. The Labute approximate surface area is 92.2 Å². The molecule has 1 aromatic rings. The van der Waals surface area contributed by atoms with Crippen LogP contribution in [0.4, 0.5) is 0 Å². The quantitative estimate of drug-likeness (QED) is 0.774. The smallest absolute Gasteiger partial charge is 0.264 e. The van der Waals surface area contributed by atoms with Gasteiger partial charge in [-0.25, -0.2) is 0 Å². The molecule has 0 bridgehead atoms. The van der Waals surface area contributed by atoms with Crippen molar-refractivity contribution in [1.82, 2.24) is 14.9 Å². The van der Waals surface area contributed by atoms with Gasteiger partial charge in [-0.05, 0) is 37.2 Å². The molecule has 0 spiro atoms. The maximum absolute atomic E-state index is 11.6. The number of rotatable bonds is 4. The lowest BCUT2D eigenvalue weighted by atomic mass is 10.2. The van der Waals surface area contributed by atoms with Crippen LogP contribution in [0.25, 0.3) is 0 Å². The van der Waals surface area contributed by atoms with Crippen LogP contribution in [0.1, 0.15) is 28.2 Å². The monoisotopic (exact) mass is 226 g/mol. The predicted octanol–water partition coefficient (Wildman–Crippen LogP) is 0.314. The van der Waals surface area contributed by atoms with Crippen molar-refractivity contribution < 1.29 is 4.79 Å². The van der Waals surface area contributed by atoms with Crippen LogP contribution < -0.4 is 11.1 Å². The second-order valence-electron chi connectivity index (χ2n) is 3.90. The average molecular weight is 226 g/mol. The van der Waals surface area contributed by atoms with Crippen LogP contribution in [-0.4, -0.2) is 28.1 Å². The highest BCUT2D eigenvalue weighted by Crippen LogP contribution is 2.31. The zero-order valence-corrected chi connectivity index (χ0v) is 9.38. The number of aromatic nitrogens is 2. The molecule has 1 saturated carbocycles. The Bertz CT molecular complexity index is 361. The number of amides is 1. The van der Waals surface area contributed by atoms with Gasteiger partial charge in [-0.1, -0.05) is 4.49 Å². The molecule has 1 aliphatic rings. The first kappa shape index (κ1) is 10.5. The fourth-order valence-corrected chi connectivity index (χ4v) is 1.99. The standard InChI is InChI=1S/C9H14N4OS/c1-5-8(15-13-12-5)9(14)11-4-7(10)6-2-3-6/h6-7H,2-4,10H2,1H3,(H,11,14). The van der Waals surface area contributed by atoms with Crippen molar-refractivity contribution >= 4 is 17.4 Å². The van der Waals surface area contributed by atoms with Crippen LogP contribution >= 0.6 is 11.5 Å². The van der Waals surface area contributed by atoms with Crippen LogP contribution in [0.5, 0.6) is 0 Å². The minimum atomic E-state index is -0.112. The zero-order valence-electron chi connectivity index (χ0n) is 8.56. The summed E-state index contributed by atoms with van der Waals surface area (Å²) in [4.78, 5) is 12.2. The van der Waals surface area contributed by atoms with Crippen molar-refractivity contribution in [1.29, 1.82) is 0 Å². The van der Waals surface area contributed by atoms with E-state index < -0.39 is 0 Å². The minimum Gasteiger partial charge on any atom is -0.350 e. The lowest BCUT2D eigenvalue weighted by molar-refractivity contribution is 0.0953. The molecular formula is C9H14N4OS. The molecule has 0 aliphatic heterocycles. The summed E-state index contributed by atoms with van der Waals surface area (Å²) in [5, 5.41) is 6.60. The molecule has 1 atom stereocenters. The van der Waals surface area contributed by atoms with Gasteiger partial charge >= 0.3 is 0 Å². The first-order valence-corrected chi connectivity index (χ1v) is 5.78. The Morgan fingerprint density at radius 1 is 1.73 bits per heavy atom. The second-order valence-corrected chi connectivity index (χ2v) is 4.65. The normalized spacial score (nSPS) is 17.5. The topological polar surface area (TPSA) is 80.9 Å². The number of carbonyl (C=O) groups is 1. The Morgan fingerprint density at radius 3 is 3.00 bits per heavy atom. The van der Waals surface area contributed by atoms with Gasteiger partial charge in [-0.3, -0.25) is 4.79 Å². The lowest BCUT2D eigenvalue weighted by Crippen LogP contribution is -2.38. The van der Waals surface area contributed by atoms with E-state index in [-0.39, 0.29) is 11.9 Å². The van der Waals surface area contributed by atoms with Gasteiger partial charge in [0.1, 0.15) is 4.88 Å². The second kappa shape index (κ2) is 4.24. The van der Waals surface area contributed by atoms with Gasteiger partial charge in [-0.15, -0.1) is 5.10 Å². The molecule has 1 unspecified atom stereocenters. The van der Waals surface area contributed by atoms with E-state index in [0.29, 0.717) is 23.0 Å². The molecule has 1 amide bonds. The first-order valence-electron chi connectivity index (χ1n) is 5.01. The largest absolute Gasteiger partial charge is 0.350 e. The van der Waals surface area contributed by atoms with Gasteiger partial charge < -0.3 is 11.1 Å². The van der Waals surface area contributed by atoms with Crippen LogP contribution in [0.3, 0.4) is 0 Å². The van der Waals surface area contributed by atoms with E-state index in [2.05, 4.69) is 14.9 Å². The number of aryl methyl sites for hydroxylation is 1. The van der Waals surface area contributed by atoms with Crippen LogP contribution in [0.15, 0.2) is 0 Å². The Morgan fingerprint density at radius 2 is 2.47 bits per heavy atom. The molecule has 5 nitrogen and oxygen atoms in total. The molecule has 82 valence electrons. The third kappa shape index (κ3) is 2.51. The maximum Gasteiger partial charge on any atom is 0.264 e. The molecular weight excluding hydrogens is 212 g/mol. The molecule has 3 N–H and O–H groups in total. The van der Waals surface area contributed by atoms with Gasteiger partial charge in [0.05, 0.1) is 5.69 Å². The van der Waals surface area contributed by atoms with Crippen molar-refractivity contribution in [2.75, 3.05) is 6.54 Å². The van der Waals surface area contributed by atoms with Crippen LogP contribution in [0, 0.1) is 12.8 Å². The van der Waals surface area contributed by atoms with Crippen molar-refractivity contribution in [3.05, 3.63) is 10.6 Å². The number of hydrogen-bond donors (Lipinski definition) is 2. The third-order valence-corrected chi connectivity index (χ3v) is 3.41. The lowest BCUT2D eigenvalue weighted by Gasteiger charge is -2.10. The number of nitrogens with two attached hydrogens (primary N) is 1. The Kier molecular flexibility index (Phi) is 2.97. The van der Waals surface area contributed by atoms with Gasteiger partial charge in [-0.2, -0.15) is 0 Å². The highest BCUT2D eigenvalue weighted by atomic mass is 32.1. The van der Waals surface area contributed by atoms with Crippen molar-refractivity contribution in [2.24, 2.45) is 11.7 Å². The molecule has 2 rings (SSSR count). The highest BCUT2D eigenvalue weighted by molar-refractivity contribution is 7.07. The average Bonchev–Trinajstić information content (AvgIpc) is 2.98. The summed E-state index contributed by atoms with van der Waals surface area (Å²) >= 11 is 1.12. The van der Waals surface area contributed by atoms with Gasteiger partial charge in [0.2, 0.25) is 0 Å². The van der Waals surface area contributed by atoms with E-state index in [1.54, 1.807) is 6.92 Å². The molecule has 6 heteroatoms. The van der Waals surface area contributed by atoms with Gasteiger partial charge in [0.15, 0.2) is 0 Å². The Balaban J connectivity index is 1.84. The summed E-state index contributed by atoms with van der Waals surface area (Å²) in [5.74, 6) is 0.490. The zero-order chi connectivity index (χ0) is 10.8. The number of carbonyl (C=O) groups excluding carboxylic acids is 1. The molecule has 0 saturated heterocycles. The Hall–Kier alpha value is -1.01. The minimum absolute atomic E-state index is 0.0927. The third-order valence-electron chi connectivity index (χ3n) is 2.58. The molecule has 0 radical (unpaired) electrons. The fourth-order valence-electron chi connectivity index (χ4n) is 1.42. The van der Waals surface area contributed by atoms with Crippen LogP contribution in [0.2, 0.25) is 0 Å².